The number of benzene rings is 1. The van der Waals surface area contributed by atoms with Crippen molar-refractivity contribution in [1.82, 2.24) is 9.78 Å². The van der Waals surface area contributed by atoms with Crippen LogP contribution in [0.15, 0.2) is 30.6 Å². The molecule has 1 aliphatic rings. The first-order chi connectivity index (χ1) is 11.5. The van der Waals surface area contributed by atoms with Crippen molar-refractivity contribution in [2.24, 2.45) is 7.05 Å². The molecular formula is C17H17N5O2. The van der Waals surface area contributed by atoms with E-state index < -0.39 is 0 Å². The minimum absolute atomic E-state index is 0.0635. The van der Waals surface area contributed by atoms with E-state index in [2.05, 4.69) is 11.2 Å². The van der Waals surface area contributed by atoms with Gasteiger partial charge < -0.3 is 9.80 Å². The number of rotatable bonds is 3. The lowest BCUT2D eigenvalue weighted by Gasteiger charge is -2.35. The number of amides is 1. The molecule has 0 spiro atoms. The Hall–Kier alpha value is -3.14. The van der Waals surface area contributed by atoms with Crippen molar-refractivity contribution in [3.8, 4) is 6.07 Å². The van der Waals surface area contributed by atoms with E-state index in [1.165, 1.54) is 6.92 Å². The van der Waals surface area contributed by atoms with E-state index in [-0.39, 0.29) is 18.2 Å². The third-order valence-electron chi connectivity index (χ3n) is 4.09. The van der Waals surface area contributed by atoms with Gasteiger partial charge in [0.2, 0.25) is 5.91 Å². The summed E-state index contributed by atoms with van der Waals surface area (Å²) in [5.74, 6) is -0.132. The largest absolute Gasteiger partial charge is 0.359 e. The lowest BCUT2D eigenvalue weighted by atomic mass is 10.1. The van der Waals surface area contributed by atoms with Crippen LogP contribution in [0.25, 0.3) is 0 Å². The van der Waals surface area contributed by atoms with Gasteiger partial charge in [0.15, 0.2) is 5.78 Å². The molecule has 1 fully saturated rings. The monoisotopic (exact) mass is 323 g/mol. The third-order valence-corrected chi connectivity index (χ3v) is 4.09. The zero-order valence-corrected chi connectivity index (χ0v) is 13.6. The topological polar surface area (TPSA) is 82.2 Å². The van der Waals surface area contributed by atoms with Gasteiger partial charge in [0.25, 0.3) is 0 Å². The highest BCUT2D eigenvalue weighted by atomic mass is 16.2. The molecule has 1 aliphatic heterocycles. The molecule has 0 bridgehead atoms. The molecule has 2 heterocycles. The highest BCUT2D eigenvalue weighted by Gasteiger charge is 2.27. The van der Waals surface area contributed by atoms with Crippen LogP contribution < -0.4 is 9.80 Å². The number of anilines is 2. The van der Waals surface area contributed by atoms with Gasteiger partial charge in [-0.25, -0.2) is 0 Å². The molecule has 0 radical (unpaired) electrons. The van der Waals surface area contributed by atoms with Crippen LogP contribution in [-0.4, -0.2) is 41.1 Å². The van der Waals surface area contributed by atoms with E-state index in [0.717, 1.165) is 5.69 Å². The standard InChI is InChI=1S/C17H17N5O2/c1-12(23)13-3-4-14(8-18)16(7-13)21-5-6-22(17(24)11-21)15-9-19-20(2)10-15/h3-4,7,9-10H,5-6,11H2,1-2H3. The second kappa shape index (κ2) is 6.16. The van der Waals surface area contributed by atoms with Crippen LogP contribution in [-0.2, 0) is 11.8 Å². The highest BCUT2D eigenvalue weighted by Crippen LogP contribution is 2.25. The molecule has 0 atom stereocenters. The summed E-state index contributed by atoms with van der Waals surface area (Å²) < 4.78 is 1.65. The Bertz CT molecular complexity index is 849. The molecule has 0 unspecified atom stereocenters. The third kappa shape index (κ3) is 2.86. The number of nitriles is 1. The van der Waals surface area contributed by atoms with E-state index in [1.54, 1.807) is 47.2 Å². The lowest BCUT2D eigenvalue weighted by Crippen LogP contribution is -2.50. The number of hydrogen-bond donors (Lipinski definition) is 0. The van der Waals surface area contributed by atoms with Crippen LogP contribution in [0.3, 0.4) is 0 Å². The van der Waals surface area contributed by atoms with Gasteiger partial charge in [-0.2, -0.15) is 10.4 Å². The van der Waals surface area contributed by atoms with Gasteiger partial charge in [-0.1, -0.05) is 0 Å². The van der Waals surface area contributed by atoms with Crippen molar-refractivity contribution < 1.29 is 9.59 Å². The fraction of sp³-hybridized carbons (Fsp3) is 0.294. The first-order valence-corrected chi connectivity index (χ1v) is 7.58. The van der Waals surface area contributed by atoms with Crippen molar-refractivity contribution in [3.05, 3.63) is 41.7 Å². The molecule has 0 N–H and O–H groups in total. The second-order valence-corrected chi connectivity index (χ2v) is 5.74. The normalized spacial score (nSPS) is 14.6. The van der Waals surface area contributed by atoms with Gasteiger partial charge in [-0.15, -0.1) is 0 Å². The number of hydrogen-bond acceptors (Lipinski definition) is 5. The van der Waals surface area contributed by atoms with Crippen LogP contribution in [0.4, 0.5) is 11.4 Å². The summed E-state index contributed by atoms with van der Waals surface area (Å²) in [6.45, 7) is 2.72. The molecule has 2 aromatic rings. The van der Waals surface area contributed by atoms with E-state index in [4.69, 9.17) is 0 Å². The van der Waals surface area contributed by atoms with Gasteiger partial charge >= 0.3 is 0 Å². The molecule has 122 valence electrons. The maximum absolute atomic E-state index is 12.5. The van der Waals surface area contributed by atoms with E-state index in [0.29, 0.717) is 29.9 Å². The minimum Gasteiger partial charge on any atom is -0.359 e. The fourth-order valence-corrected chi connectivity index (χ4v) is 2.81. The number of aryl methyl sites for hydroxylation is 1. The number of ketones is 1. The quantitative estimate of drug-likeness (QED) is 0.796. The van der Waals surface area contributed by atoms with E-state index in [9.17, 15) is 14.9 Å². The minimum atomic E-state index is -0.0685. The second-order valence-electron chi connectivity index (χ2n) is 5.74. The van der Waals surface area contributed by atoms with Crippen molar-refractivity contribution in [3.63, 3.8) is 0 Å². The predicted molar refractivity (Wildman–Crippen MR) is 88.9 cm³/mol. The Morgan fingerprint density at radius 1 is 1.33 bits per heavy atom. The van der Waals surface area contributed by atoms with E-state index >= 15 is 0 Å². The van der Waals surface area contributed by atoms with Crippen LogP contribution in [0.5, 0.6) is 0 Å². The van der Waals surface area contributed by atoms with Gasteiger partial charge in [0, 0.05) is 31.9 Å². The summed E-state index contributed by atoms with van der Waals surface area (Å²) in [5, 5.41) is 13.4. The Balaban J connectivity index is 1.86. The highest BCUT2D eigenvalue weighted by molar-refractivity contribution is 5.99. The summed E-state index contributed by atoms with van der Waals surface area (Å²) in [6.07, 6.45) is 3.45. The summed E-state index contributed by atoms with van der Waals surface area (Å²) in [6, 6.07) is 7.08. The van der Waals surface area contributed by atoms with Crippen molar-refractivity contribution in [1.29, 1.82) is 5.26 Å². The Kier molecular flexibility index (Phi) is 4.04. The molecule has 7 nitrogen and oxygen atoms in total. The van der Waals surface area contributed by atoms with Crippen LogP contribution >= 0.6 is 0 Å². The molecule has 0 aliphatic carbocycles. The number of aromatic nitrogens is 2. The molecule has 24 heavy (non-hydrogen) atoms. The summed E-state index contributed by atoms with van der Waals surface area (Å²) in [7, 11) is 1.80. The molecule has 1 saturated heterocycles. The molecule has 1 amide bonds. The Morgan fingerprint density at radius 3 is 2.71 bits per heavy atom. The average molecular weight is 323 g/mol. The maximum Gasteiger partial charge on any atom is 0.246 e. The fourth-order valence-electron chi connectivity index (χ4n) is 2.81. The molecule has 1 aromatic carbocycles. The zero-order chi connectivity index (χ0) is 17.3. The van der Waals surface area contributed by atoms with Crippen molar-refractivity contribution >= 4 is 23.1 Å². The number of Topliss-reactive ketones (excluding diaryl/α,β-unsaturated/α-hetero) is 1. The van der Waals surface area contributed by atoms with Gasteiger partial charge in [-0.3, -0.25) is 14.3 Å². The first-order valence-electron chi connectivity index (χ1n) is 7.58. The van der Waals surface area contributed by atoms with Crippen molar-refractivity contribution in [2.45, 2.75) is 6.92 Å². The molecule has 0 saturated carbocycles. The first kappa shape index (κ1) is 15.7. The van der Waals surface area contributed by atoms with Crippen LogP contribution in [0.1, 0.15) is 22.8 Å². The van der Waals surface area contributed by atoms with Gasteiger partial charge in [0.05, 0.1) is 29.7 Å². The van der Waals surface area contributed by atoms with E-state index in [1.807, 2.05) is 4.90 Å². The van der Waals surface area contributed by atoms with Crippen LogP contribution in [0, 0.1) is 11.3 Å². The predicted octanol–water partition coefficient (Wildman–Crippen LogP) is 1.35. The molecule has 7 heteroatoms. The smallest absolute Gasteiger partial charge is 0.246 e. The Labute approximate surface area is 139 Å². The maximum atomic E-state index is 12.5. The Morgan fingerprint density at radius 2 is 2.12 bits per heavy atom. The summed E-state index contributed by atoms with van der Waals surface area (Å²) >= 11 is 0. The van der Waals surface area contributed by atoms with Crippen molar-refractivity contribution in [2.75, 3.05) is 29.4 Å². The van der Waals surface area contributed by atoms with Crippen LogP contribution in [0.2, 0.25) is 0 Å². The number of piperazine rings is 1. The molecule has 1 aromatic heterocycles. The average Bonchev–Trinajstić information content (AvgIpc) is 3.00. The molecule has 3 rings (SSSR count). The number of carbonyl (C=O) groups is 2. The summed E-state index contributed by atoms with van der Waals surface area (Å²) in [5.41, 5.74) is 2.39. The number of carbonyl (C=O) groups excluding carboxylic acids is 2. The summed E-state index contributed by atoms with van der Waals surface area (Å²) in [4.78, 5) is 27.6. The van der Waals surface area contributed by atoms with Gasteiger partial charge in [0.1, 0.15) is 6.07 Å². The SMILES string of the molecule is CC(=O)c1ccc(C#N)c(N2CCN(c3cnn(C)c3)C(=O)C2)c1. The van der Waals surface area contributed by atoms with Gasteiger partial charge in [-0.05, 0) is 25.1 Å². The lowest BCUT2D eigenvalue weighted by molar-refractivity contribution is -0.117. The number of nitrogens with zero attached hydrogens (tertiary/aromatic N) is 5. The molecular weight excluding hydrogens is 306 g/mol. The zero-order valence-electron chi connectivity index (χ0n) is 13.6.